The van der Waals surface area contributed by atoms with Crippen molar-refractivity contribution < 1.29 is 32.2 Å². The number of carbonyl (C=O) groups excluding carboxylic acids is 2. The molecule has 0 spiro atoms. The number of rotatable bonds is 3. The van der Waals surface area contributed by atoms with Gasteiger partial charge in [-0.15, -0.1) is 0 Å². The Kier molecular flexibility index (Phi) is 7.50. The molecule has 0 aromatic carbocycles. The fourth-order valence-electron chi connectivity index (χ4n) is 1.06. The highest BCUT2D eigenvalue weighted by molar-refractivity contribution is 5.84. The van der Waals surface area contributed by atoms with Crippen LogP contribution in [0, 0.1) is 11.8 Å². The number of halogens is 3. The molecule has 0 saturated carbocycles. The van der Waals surface area contributed by atoms with Gasteiger partial charge in [-0.2, -0.15) is 13.2 Å². The van der Waals surface area contributed by atoms with Gasteiger partial charge < -0.3 is 14.8 Å². The van der Waals surface area contributed by atoms with Gasteiger partial charge in [0.2, 0.25) is 0 Å². The number of amides is 1. The first-order chi connectivity index (χ1) is 9.95. The second-order valence-electron chi connectivity index (χ2n) is 4.97. The van der Waals surface area contributed by atoms with Gasteiger partial charge in [0.05, 0.1) is 13.2 Å². The molecule has 0 atom stereocenters. The molecule has 0 aliphatic carbocycles. The number of hydrogen-bond donors (Lipinski definition) is 1. The smallest absolute Gasteiger partial charge is 0.424 e. The Labute approximate surface area is 126 Å². The Morgan fingerprint density at radius 3 is 2.27 bits per heavy atom. The number of alkyl halides is 3. The number of esters is 1. The first kappa shape index (κ1) is 19.8. The number of hydrogen-bond acceptors (Lipinski definition) is 4. The number of carbonyl (C=O) groups is 2. The van der Waals surface area contributed by atoms with Crippen LogP contribution in [-0.4, -0.2) is 37.0 Å². The first-order valence-electron chi connectivity index (χ1n) is 6.37. The molecular formula is C14H18F3NO4. The summed E-state index contributed by atoms with van der Waals surface area (Å²) in [4.78, 5) is 22.3. The van der Waals surface area contributed by atoms with Crippen molar-refractivity contribution in [1.82, 2.24) is 5.32 Å². The van der Waals surface area contributed by atoms with Crippen LogP contribution in [0.4, 0.5) is 18.0 Å². The average Bonchev–Trinajstić information content (AvgIpc) is 2.29. The molecule has 1 amide bonds. The first-order valence-corrected chi connectivity index (χ1v) is 6.37. The van der Waals surface area contributed by atoms with Crippen molar-refractivity contribution in [1.29, 1.82) is 0 Å². The molecule has 0 aromatic heterocycles. The van der Waals surface area contributed by atoms with Crippen LogP contribution in [0.1, 0.15) is 27.7 Å². The van der Waals surface area contributed by atoms with Gasteiger partial charge in [0, 0.05) is 6.08 Å². The monoisotopic (exact) mass is 321 g/mol. The largest absolute Gasteiger partial charge is 0.463 e. The van der Waals surface area contributed by atoms with Crippen LogP contribution in [0.5, 0.6) is 0 Å². The van der Waals surface area contributed by atoms with Crippen LogP contribution in [-0.2, 0) is 14.3 Å². The van der Waals surface area contributed by atoms with Gasteiger partial charge in [0.25, 0.3) is 0 Å². The molecule has 0 fully saturated rings. The van der Waals surface area contributed by atoms with Crippen molar-refractivity contribution >= 4 is 12.1 Å². The zero-order chi connectivity index (χ0) is 17.4. The summed E-state index contributed by atoms with van der Waals surface area (Å²) in [6.07, 6.45) is -5.32. The van der Waals surface area contributed by atoms with Crippen LogP contribution in [0.25, 0.3) is 0 Å². The topological polar surface area (TPSA) is 64.6 Å². The van der Waals surface area contributed by atoms with Crippen molar-refractivity contribution in [3.8, 4) is 11.8 Å². The number of alkyl carbamates (subject to hydrolysis) is 1. The third-order valence-corrected chi connectivity index (χ3v) is 1.80. The summed E-state index contributed by atoms with van der Waals surface area (Å²) < 4.78 is 47.2. The molecule has 0 aliphatic rings. The second kappa shape index (κ2) is 8.32. The van der Waals surface area contributed by atoms with Crippen molar-refractivity contribution in [2.75, 3.05) is 13.2 Å². The number of nitrogens with one attached hydrogen (secondary N) is 1. The predicted octanol–water partition coefficient (Wildman–Crippen LogP) is 2.57. The fourth-order valence-corrected chi connectivity index (χ4v) is 1.06. The normalized spacial score (nSPS) is 12.0. The summed E-state index contributed by atoms with van der Waals surface area (Å²) in [5.41, 5.74) is -2.07. The predicted molar refractivity (Wildman–Crippen MR) is 72.8 cm³/mol. The molecule has 5 nitrogen and oxygen atoms in total. The third kappa shape index (κ3) is 9.69. The van der Waals surface area contributed by atoms with E-state index >= 15 is 0 Å². The third-order valence-electron chi connectivity index (χ3n) is 1.80. The summed E-state index contributed by atoms with van der Waals surface area (Å²) in [7, 11) is 0. The van der Waals surface area contributed by atoms with Crippen LogP contribution in [0.15, 0.2) is 11.6 Å². The molecule has 0 bridgehead atoms. The molecule has 0 radical (unpaired) electrons. The van der Waals surface area contributed by atoms with Crippen LogP contribution >= 0.6 is 0 Å². The maximum Gasteiger partial charge on any atom is 0.424 e. The molecule has 0 rings (SSSR count). The highest BCUT2D eigenvalue weighted by atomic mass is 19.4. The highest BCUT2D eigenvalue weighted by Crippen LogP contribution is 2.24. The summed E-state index contributed by atoms with van der Waals surface area (Å²) in [6.45, 7) is 5.99. The summed E-state index contributed by atoms with van der Waals surface area (Å²) in [5.74, 6) is 2.75. The Balaban J connectivity index is 4.73. The molecule has 0 saturated heterocycles. The molecule has 0 heterocycles. The Hall–Kier alpha value is -2.17. The van der Waals surface area contributed by atoms with Crippen molar-refractivity contribution in [3.63, 3.8) is 0 Å². The minimum atomic E-state index is -4.79. The molecule has 124 valence electrons. The van der Waals surface area contributed by atoms with E-state index in [0.717, 1.165) is 0 Å². The minimum Gasteiger partial charge on any atom is -0.463 e. The lowest BCUT2D eigenvalue weighted by Gasteiger charge is -2.19. The summed E-state index contributed by atoms with van der Waals surface area (Å²) >= 11 is 0. The van der Waals surface area contributed by atoms with E-state index in [0.29, 0.717) is 0 Å². The maximum absolute atomic E-state index is 12.6. The molecule has 0 unspecified atom stereocenters. The van der Waals surface area contributed by atoms with E-state index in [1.165, 1.54) is 6.92 Å². The van der Waals surface area contributed by atoms with Gasteiger partial charge in [0.1, 0.15) is 11.2 Å². The Bertz CT molecular complexity index is 493. The van der Waals surface area contributed by atoms with E-state index in [9.17, 15) is 22.8 Å². The van der Waals surface area contributed by atoms with Gasteiger partial charge in [-0.3, -0.25) is 0 Å². The second-order valence-corrected chi connectivity index (χ2v) is 4.97. The SMILES string of the molecule is CCOC(=O)/C=C(/C#CCNC(=O)OC(C)(C)C)C(F)(F)F. The van der Waals surface area contributed by atoms with Crippen LogP contribution in [0.3, 0.4) is 0 Å². The van der Waals surface area contributed by atoms with Gasteiger partial charge in [-0.25, -0.2) is 9.59 Å². The van der Waals surface area contributed by atoms with E-state index in [-0.39, 0.29) is 19.2 Å². The molecule has 8 heteroatoms. The van der Waals surface area contributed by atoms with E-state index in [2.05, 4.69) is 16.0 Å². The van der Waals surface area contributed by atoms with Gasteiger partial charge in [0.15, 0.2) is 0 Å². The number of ether oxygens (including phenoxy) is 2. The molecule has 0 aliphatic heterocycles. The quantitative estimate of drug-likeness (QED) is 0.493. The van der Waals surface area contributed by atoms with Crippen LogP contribution < -0.4 is 5.32 Å². The molecule has 0 aromatic rings. The van der Waals surface area contributed by atoms with Crippen molar-refractivity contribution in [3.05, 3.63) is 11.6 Å². The lowest BCUT2D eigenvalue weighted by Crippen LogP contribution is -2.32. The van der Waals surface area contributed by atoms with E-state index in [1.807, 2.05) is 0 Å². The molecule has 22 heavy (non-hydrogen) atoms. The van der Waals surface area contributed by atoms with E-state index in [4.69, 9.17) is 4.74 Å². The van der Waals surface area contributed by atoms with E-state index in [1.54, 1.807) is 26.7 Å². The van der Waals surface area contributed by atoms with Gasteiger partial charge >= 0.3 is 18.2 Å². The zero-order valence-corrected chi connectivity index (χ0v) is 12.8. The lowest BCUT2D eigenvalue weighted by atomic mass is 10.2. The highest BCUT2D eigenvalue weighted by Gasteiger charge is 2.33. The Morgan fingerprint density at radius 1 is 1.23 bits per heavy atom. The van der Waals surface area contributed by atoms with E-state index < -0.39 is 29.4 Å². The summed E-state index contributed by atoms with van der Waals surface area (Å²) in [6, 6.07) is 0. The number of allylic oxidation sites excluding steroid dienone is 1. The van der Waals surface area contributed by atoms with Gasteiger partial charge in [-0.05, 0) is 27.7 Å². The maximum atomic E-state index is 12.6. The summed E-state index contributed by atoms with van der Waals surface area (Å²) in [5, 5.41) is 2.18. The zero-order valence-electron chi connectivity index (χ0n) is 12.8. The fraction of sp³-hybridized carbons (Fsp3) is 0.571. The minimum absolute atomic E-state index is 0.0475. The van der Waals surface area contributed by atoms with Gasteiger partial charge in [-0.1, -0.05) is 11.8 Å². The van der Waals surface area contributed by atoms with Crippen molar-refractivity contribution in [2.45, 2.75) is 39.5 Å². The molecule has 1 N–H and O–H groups in total. The standard InChI is InChI=1S/C14H18F3NO4/c1-5-21-11(19)9-10(14(15,16)17)7-6-8-18-12(20)22-13(2,3)4/h9H,5,8H2,1-4H3,(H,18,20)/b10-9-. The molecular weight excluding hydrogens is 303 g/mol. The average molecular weight is 321 g/mol. The van der Waals surface area contributed by atoms with Crippen LogP contribution in [0.2, 0.25) is 0 Å². The Morgan fingerprint density at radius 2 is 1.82 bits per heavy atom. The van der Waals surface area contributed by atoms with Crippen molar-refractivity contribution in [2.24, 2.45) is 0 Å². The lowest BCUT2D eigenvalue weighted by molar-refractivity contribution is -0.138.